The average Bonchev–Trinajstić information content (AvgIpc) is 3.18. The molecule has 3 atom stereocenters. The van der Waals surface area contributed by atoms with E-state index in [-0.39, 0.29) is 18.1 Å². The number of hydrogen-bond donors (Lipinski definition) is 1. The van der Waals surface area contributed by atoms with Gasteiger partial charge in [0.2, 0.25) is 0 Å². The number of amides is 1. The topological polar surface area (TPSA) is 38.3 Å². The predicted molar refractivity (Wildman–Crippen MR) is 74.6 cm³/mol. The number of nitrogens with one attached hydrogen (secondary N) is 1. The van der Waals surface area contributed by atoms with Crippen LogP contribution in [0.4, 0.5) is 0 Å². The molecule has 3 heteroatoms. The van der Waals surface area contributed by atoms with Crippen molar-refractivity contribution in [3.8, 4) is 5.75 Å². The van der Waals surface area contributed by atoms with Crippen LogP contribution in [0.1, 0.15) is 55.5 Å². The van der Waals surface area contributed by atoms with E-state index in [0.717, 1.165) is 11.3 Å². The number of rotatable bonds is 3. The third-order valence-electron chi connectivity index (χ3n) is 4.48. The lowest BCUT2D eigenvalue weighted by Crippen LogP contribution is -2.34. The fraction of sp³-hybridized carbons (Fsp3) is 0.562. The van der Waals surface area contributed by atoms with Gasteiger partial charge in [-0.2, -0.15) is 0 Å². The van der Waals surface area contributed by atoms with Crippen molar-refractivity contribution in [1.82, 2.24) is 5.32 Å². The highest BCUT2D eigenvalue weighted by Gasteiger charge is 2.33. The first-order valence-electron chi connectivity index (χ1n) is 7.18. The molecule has 0 aromatic heterocycles. The van der Waals surface area contributed by atoms with Crippen LogP contribution in [-0.2, 0) is 0 Å². The summed E-state index contributed by atoms with van der Waals surface area (Å²) in [5, 5.41) is 3.10. The number of fused-ring (bicyclic) bond motifs is 1. The van der Waals surface area contributed by atoms with Crippen LogP contribution in [0, 0.1) is 5.92 Å². The fourth-order valence-corrected chi connectivity index (χ4v) is 2.76. The maximum Gasteiger partial charge on any atom is 0.255 e. The van der Waals surface area contributed by atoms with Crippen molar-refractivity contribution in [3.05, 3.63) is 29.3 Å². The molecule has 1 N–H and O–H groups in total. The van der Waals surface area contributed by atoms with Crippen LogP contribution < -0.4 is 10.1 Å². The van der Waals surface area contributed by atoms with Gasteiger partial charge in [0, 0.05) is 17.5 Å². The molecular weight excluding hydrogens is 238 g/mol. The molecule has 1 aromatic rings. The molecule has 19 heavy (non-hydrogen) atoms. The summed E-state index contributed by atoms with van der Waals surface area (Å²) in [5.74, 6) is 1.80. The van der Waals surface area contributed by atoms with Crippen LogP contribution in [-0.4, -0.2) is 18.1 Å². The first-order chi connectivity index (χ1) is 9.08. The summed E-state index contributed by atoms with van der Waals surface area (Å²) in [7, 11) is 0. The zero-order chi connectivity index (χ0) is 13.6. The Hall–Kier alpha value is -1.51. The van der Waals surface area contributed by atoms with Gasteiger partial charge < -0.3 is 10.1 Å². The lowest BCUT2D eigenvalue weighted by molar-refractivity contribution is 0.0931. The second kappa shape index (κ2) is 4.55. The van der Waals surface area contributed by atoms with Crippen molar-refractivity contribution in [2.75, 3.05) is 0 Å². The van der Waals surface area contributed by atoms with Crippen molar-refractivity contribution in [3.63, 3.8) is 0 Å². The molecule has 1 fully saturated rings. The summed E-state index contributed by atoms with van der Waals surface area (Å²) in [4.78, 5) is 12.4. The minimum atomic E-state index is -0.00227. The minimum absolute atomic E-state index is 0.00227. The van der Waals surface area contributed by atoms with E-state index in [1.807, 2.05) is 12.1 Å². The van der Waals surface area contributed by atoms with Crippen LogP contribution in [0.3, 0.4) is 0 Å². The Balaban J connectivity index is 1.83. The highest BCUT2D eigenvalue weighted by Crippen LogP contribution is 2.40. The Labute approximate surface area is 114 Å². The van der Waals surface area contributed by atoms with E-state index in [4.69, 9.17) is 4.74 Å². The zero-order valence-electron chi connectivity index (χ0n) is 11.8. The molecular formula is C16H21NO2. The summed E-state index contributed by atoms with van der Waals surface area (Å²) >= 11 is 0. The smallest absolute Gasteiger partial charge is 0.255 e. The van der Waals surface area contributed by atoms with E-state index in [2.05, 4.69) is 32.2 Å². The monoisotopic (exact) mass is 259 g/mol. The molecule has 3 nitrogen and oxygen atoms in total. The largest absolute Gasteiger partial charge is 0.489 e. The maximum absolute atomic E-state index is 12.4. The van der Waals surface area contributed by atoms with E-state index in [0.29, 0.717) is 17.4 Å². The third-order valence-corrected chi connectivity index (χ3v) is 4.48. The van der Waals surface area contributed by atoms with Gasteiger partial charge in [0.15, 0.2) is 0 Å². The standard InChI is InChI=1S/C16H21NO2/c1-9-11(3)19-15-13(9)5-4-6-14(15)16(18)17-10(2)12-7-8-12/h4-6,9-12H,7-8H2,1-3H3,(H,17,18). The quantitative estimate of drug-likeness (QED) is 0.905. The molecule has 2 aliphatic rings. The number of carbonyl (C=O) groups is 1. The van der Waals surface area contributed by atoms with Gasteiger partial charge in [0.05, 0.1) is 5.56 Å². The maximum atomic E-state index is 12.4. The molecule has 3 rings (SSSR count). The Morgan fingerprint density at radius 2 is 2.11 bits per heavy atom. The first-order valence-corrected chi connectivity index (χ1v) is 7.18. The molecule has 0 spiro atoms. The Kier molecular flexibility index (Phi) is 3.00. The highest BCUT2D eigenvalue weighted by molar-refractivity contribution is 5.97. The van der Waals surface area contributed by atoms with Gasteiger partial charge in [-0.15, -0.1) is 0 Å². The van der Waals surface area contributed by atoms with Crippen molar-refractivity contribution in [2.24, 2.45) is 5.92 Å². The van der Waals surface area contributed by atoms with E-state index < -0.39 is 0 Å². The molecule has 1 saturated carbocycles. The molecule has 0 saturated heterocycles. The van der Waals surface area contributed by atoms with Gasteiger partial charge in [0.1, 0.15) is 11.9 Å². The Morgan fingerprint density at radius 3 is 2.79 bits per heavy atom. The Bertz CT molecular complexity index is 507. The third kappa shape index (κ3) is 2.22. The second-order valence-electron chi connectivity index (χ2n) is 5.94. The van der Waals surface area contributed by atoms with Crippen LogP contribution in [0.2, 0.25) is 0 Å². The minimum Gasteiger partial charge on any atom is -0.489 e. The lowest BCUT2D eigenvalue weighted by atomic mass is 9.96. The summed E-state index contributed by atoms with van der Waals surface area (Å²) < 4.78 is 5.87. The number of benzene rings is 1. The Morgan fingerprint density at radius 1 is 1.37 bits per heavy atom. The SMILES string of the molecule is CC(NC(=O)c1cccc2c1OC(C)C2C)C1CC1. The molecule has 102 valence electrons. The van der Waals surface area contributed by atoms with Gasteiger partial charge in [-0.25, -0.2) is 0 Å². The van der Waals surface area contributed by atoms with Crippen molar-refractivity contribution in [2.45, 2.75) is 51.7 Å². The summed E-state index contributed by atoms with van der Waals surface area (Å²) in [5.41, 5.74) is 1.83. The fourth-order valence-electron chi connectivity index (χ4n) is 2.76. The van der Waals surface area contributed by atoms with Crippen molar-refractivity contribution < 1.29 is 9.53 Å². The van der Waals surface area contributed by atoms with Crippen molar-refractivity contribution in [1.29, 1.82) is 0 Å². The summed E-state index contributed by atoms with van der Waals surface area (Å²) in [6.45, 7) is 6.29. The van der Waals surface area contributed by atoms with E-state index in [9.17, 15) is 4.79 Å². The van der Waals surface area contributed by atoms with Gasteiger partial charge in [-0.1, -0.05) is 19.1 Å². The van der Waals surface area contributed by atoms with E-state index in [1.54, 1.807) is 0 Å². The molecule has 1 heterocycles. The summed E-state index contributed by atoms with van der Waals surface area (Å²) in [6, 6.07) is 6.14. The molecule has 1 aliphatic heterocycles. The molecule has 0 bridgehead atoms. The first kappa shape index (κ1) is 12.5. The van der Waals surface area contributed by atoms with Gasteiger partial charge in [-0.3, -0.25) is 4.79 Å². The van der Waals surface area contributed by atoms with Crippen molar-refractivity contribution >= 4 is 5.91 Å². The lowest BCUT2D eigenvalue weighted by Gasteiger charge is -2.14. The highest BCUT2D eigenvalue weighted by atomic mass is 16.5. The van der Waals surface area contributed by atoms with Crippen LogP contribution in [0.25, 0.3) is 0 Å². The van der Waals surface area contributed by atoms with Gasteiger partial charge in [-0.05, 0) is 38.7 Å². The molecule has 1 aliphatic carbocycles. The van der Waals surface area contributed by atoms with E-state index in [1.165, 1.54) is 12.8 Å². The van der Waals surface area contributed by atoms with Crippen LogP contribution in [0.5, 0.6) is 5.75 Å². The van der Waals surface area contributed by atoms with Gasteiger partial charge >= 0.3 is 0 Å². The summed E-state index contributed by atoms with van der Waals surface area (Å²) in [6.07, 6.45) is 2.61. The molecule has 1 aromatic carbocycles. The second-order valence-corrected chi connectivity index (χ2v) is 5.94. The molecule has 1 amide bonds. The average molecular weight is 259 g/mol. The van der Waals surface area contributed by atoms with Gasteiger partial charge in [0.25, 0.3) is 5.91 Å². The normalized spacial score (nSPS) is 26.5. The number of hydrogen-bond acceptors (Lipinski definition) is 2. The molecule has 3 unspecified atom stereocenters. The van der Waals surface area contributed by atoms with Crippen LogP contribution >= 0.6 is 0 Å². The van der Waals surface area contributed by atoms with E-state index >= 15 is 0 Å². The van der Waals surface area contributed by atoms with Crippen LogP contribution in [0.15, 0.2) is 18.2 Å². The predicted octanol–water partition coefficient (Wildman–Crippen LogP) is 3.10. The molecule has 0 radical (unpaired) electrons. The number of para-hydroxylation sites is 1. The zero-order valence-corrected chi connectivity index (χ0v) is 11.8. The number of ether oxygens (including phenoxy) is 1. The number of carbonyl (C=O) groups excluding carboxylic acids is 1.